The van der Waals surface area contributed by atoms with Crippen molar-refractivity contribution in [2.24, 2.45) is 0 Å². The summed E-state index contributed by atoms with van der Waals surface area (Å²) in [5.41, 5.74) is 1.04. The molecule has 3 amide bonds. The summed E-state index contributed by atoms with van der Waals surface area (Å²) in [5, 5.41) is 5.56. The second kappa shape index (κ2) is 6.40. The molecule has 0 bridgehead atoms. The summed E-state index contributed by atoms with van der Waals surface area (Å²) in [6.45, 7) is 3.42. The van der Waals surface area contributed by atoms with E-state index in [0.717, 1.165) is 10.9 Å². The lowest BCUT2D eigenvalue weighted by atomic mass is 10.2. The van der Waals surface area contributed by atoms with Crippen molar-refractivity contribution in [3.05, 3.63) is 22.7 Å². The molecule has 2 aliphatic heterocycles. The quantitative estimate of drug-likeness (QED) is 0.801. The first-order valence-electron chi connectivity index (χ1n) is 7.64. The van der Waals surface area contributed by atoms with Crippen molar-refractivity contribution in [1.82, 2.24) is 4.90 Å². The molecule has 0 radical (unpaired) electrons. The molecule has 8 heteroatoms. The van der Waals surface area contributed by atoms with E-state index in [1.165, 1.54) is 6.92 Å². The van der Waals surface area contributed by atoms with Gasteiger partial charge in [0.2, 0.25) is 17.7 Å². The van der Waals surface area contributed by atoms with Crippen molar-refractivity contribution in [1.29, 1.82) is 0 Å². The first-order chi connectivity index (χ1) is 11.3. The highest BCUT2D eigenvalue weighted by Gasteiger charge is 2.52. The molecular formula is C16H18BrN3O3S. The Morgan fingerprint density at radius 2 is 2.08 bits per heavy atom. The van der Waals surface area contributed by atoms with Crippen LogP contribution in [0.25, 0.3) is 0 Å². The van der Waals surface area contributed by atoms with E-state index in [4.69, 9.17) is 0 Å². The summed E-state index contributed by atoms with van der Waals surface area (Å²) in [7, 11) is 0. The number of thioether (sulfide) groups is 1. The molecular weight excluding hydrogens is 394 g/mol. The van der Waals surface area contributed by atoms with Gasteiger partial charge >= 0.3 is 0 Å². The van der Waals surface area contributed by atoms with Crippen LogP contribution in [0.1, 0.15) is 26.7 Å². The lowest BCUT2D eigenvalue weighted by molar-refractivity contribution is -0.135. The number of halogens is 1. The van der Waals surface area contributed by atoms with Crippen LogP contribution in [0.2, 0.25) is 0 Å². The van der Waals surface area contributed by atoms with E-state index in [1.54, 1.807) is 34.9 Å². The molecule has 2 unspecified atom stereocenters. The van der Waals surface area contributed by atoms with Crippen molar-refractivity contribution in [3.8, 4) is 0 Å². The van der Waals surface area contributed by atoms with Gasteiger partial charge in [-0.15, -0.1) is 11.8 Å². The molecule has 2 saturated heterocycles. The summed E-state index contributed by atoms with van der Waals surface area (Å²) in [4.78, 5) is 37.7. The Hall–Kier alpha value is -1.54. The molecule has 2 heterocycles. The molecule has 2 fully saturated rings. The van der Waals surface area contributed by atoms with Gasteiger partial charge in [-0.2, -0.15) is 0 Å². The van der Waals surface area contributed by atoms with Crippen LogP contribution < -0.4 is 10.6 Å². The molecule has 6 nitrogen and oxygen atoms in total. The molecule has 0 aliphatic carbocycles. The fraction of sp³-hybridized carbons (Fsp3) is 0.438. The molecule has 1 aromatic carbocycles. The van der Waals surface area contributed by atoms with Gasteiger partial charge in [-0.25, -0.2) is 0 Å². The van der Waals surface area contributed by atoms with Crippen LogP contribution in [0.5, 0.6) is 0 Å². The van der Waals surface area contributed by atoms with E-state index >= 15 is 0 Å². The predicted octanol–water partition coefficient (Wildman–Crippen LogP) is 2.80. The number of amides is 3. The largest absolute Gasteiger partial charge is 0.325 e. The Morgan fingerprint density at radius 1 is 1.33 bits per heavy atom. The highest BCUT2D eigenvalue weighted by Crippen LogP contribution is 2.47. The van der Waals surface area contributed by atoms with Crippen molar-refractivity contribution in [2.75, 3.05) is 16.4 Å². The fourth-order valence-corrected chi connectivity index (χ4v) is 4.94. The van der Waals surface area contributed by atoms with Gasteiger partial charge in [-0.05, 0) is 31.5 Å². The summed E-state index contributed by atoms with van der Waals surface area (Å²) < 4.78 is 0.787. The predicted molar refractivity (Wildman–Crippen MR) is 97.8 cm³/mol. The molecule has 0 saturated carbocycles. The van der Waals surface area contributed by atoms with Crippen LogP contribution >= 0.6 is 27.7 Å². The van der Waals surface area contributed by atoms with E-state index < -0.39 is 6.04 Å². The molecule has 128 valence electrons. The summed E-state index contributed by atoms with van der Waals surface area (Å²) >= 11 is 5.02. The highest BCUT2D eigenvalue weighted by molar-refractivity contribution is 9.10. The van der Waals surface area contributed by atoms with E-state index in [1.807, 2.05) is 6.92 Å². The Balaban J connectivity index is 1.82. The van der Waals surface area contributed by atoms with Crippen LogP contribution in [0, 0.1) is 0 Å². The molecule has 2 N–H and O–H groups in total. The number of carbonyl (C=O) groups excluding carboxylic acids is 3. The highest BCUT2D eigenvalue weighted by atomic mass is 79.9. The number of fused-ring (bicyclic) bond motifs is 1. The number of nitrogens with one attached hydrogen (secondary N) is 2. The molecule has 0 spiro atoms. The zero-order valence-electron chi connectivity index (χ0n) is 13.4. The van der Waals surface area contributed by atoms with Gasteiger partial charge < -0.3 is 15.5 Å². The maximum Gasteiger partial charge on any atom is 0.248 e. The molecule has 1 aromatic rings. The number of carbonyl (C=O) groups is 3. The van der Waals surface area contributed by atoms with Gasteiger partial charge in [0, 0.05) is 23.6 Å². The average molecular weight is 412 g/mol. The molecule has 2 aliphatic rings. The second-order valence-electron chi connectivity index (χ2n) is 6.13. The van der Waals surface area contributed by atoms with Gasteiger partial charge in [0.05, 0.1) is 16.2 Å². The number of hydrogen-bond donors (Lipinski definition) is 2. The van der Waals surface area contributed by atoms with Crippen molar-refractivity contribution in [3.63, 3.8) is 0 Å². The fourth-order valence-electron chi connectivity index (χ4n) is 3.15. The lowest BCUT2D eigenvalue weighted by Crippen LogP contribution is -2.48. The number of hydrogen-bond acceptors (Lipinski definition) is 4. The van der Waals surface area contributed by atoms with Crippen molar-refractivity contribution in [2.45, 2.75) is 37.6 Å². The first kappa shape index (κ1) is 17.3. The molecule has 3 rings (SSSR count). The molecule has 24 heavy (non-hydrogen) atoms. The van der Waals surface area contributed by atoms with Crippen LogP contribution in [0.4, 0.5) is 11.4 Å². The minimum atomic E-state index is -0.487. The normalized spacial score (nSPS) is 25.5. The average Bonchev–Trinajstić information content (AvgIpc) is 2.98. The number of benzene rings is 1. The first-order valence-corrected chi connectivity index (χ1v) is 9.42. The van der Waals surface area contributed by atoms with E-state index in [9.17, 15) is 14.4 Å². The van der Waals surface area contributed by atoms with Gasteiger partial charge in [-0.1, -0.05) is 15.9 Å². The van der Waals surface area contributed by atoms with Crippen molar-refractivity contribution >= 4 is 56.8 Å². The third-order valence-electron chi connectivity index (χ3n) is 4.30. The minimum Gasteiger partial charge on any atom is -0.325 e. The molecule has 2 atom stereocenters. The Bertz CT molecular complexity index is 727. The van der Waals surface area contributed by atoms with Gasteiger partial charge in [0.15, 0.2) is 0 Å². The van der Waals surface area contributed by atoms with Gasteiger partial charge in [-0.3, -0.25) is 14.4 Å². The maximum atomic E-state index is 12.7. The Kier molecular flexibility index (Phi) is 4.61. The minimum absolute atomic E-state index is 0.0268. The summed E-state index contributed by atoms with van der Waals surface area (Å²) in [5.74, 6) is 0.161. The van der Waals surface area contributed by atoms with E-state index in [0.29, 0.717) is 23.5 Å². The number of rotatable bonds is 3. The zero-order chi connectivity index (χ0) is 17.5. The SMILES string of the molecule is CC(=O)Nc1ccc(Br)cc1NC(=O)C1CSC2(C)CCC(=O)N12. The van der Waals surface area contributed by atoms with Crippen molar-refractivity contribution < 1.29 is 14.4 Å². The number of nitrogens with zero attached hydrogens (tertiary/aromatic N) is 1. The van der Waals surface area contributed by atoms with E-state index in [-0.39, 0.29) is 22.6 Å². The van der Waals surface area contributed by atoms with Crippen LogP contribution in [-0.2, 0) is 14.4 Å². The Morgan fingerprint density at radius 3 is 2.79 bits per heavy atom. The third kappa shape index (κ3) is 3.17. The maximum absolute atomic E-state index is 12.7. The second-order valence-corrected chi connectivity index (χ2v) is 8.54. The van der Waals surface area contributed by atoms with Gasteiger partial charge in [0.25, 0.3) is 0 Å². The lowest BCUT2D eigenvalue weighted by Gasteiger charge is -2.30. The number of anilines is 2. The summed E-state index contributed by atoms with van der Waals surface area (Å²) in [6, 6.07) is 4.75. The van der Waals surface area contributed by atoms with E-state index in [2.05, 4.69) is 26.6 Å². The monoisotopic (exact) mass is 411 g/mol. The third-order valence-corrected chi connectivity index (χ3v) is 6.30. The smallest absolute Gasteiger partial charge is 0.248 e. The topological polar surface area (TPSA) is 78.5 Å². The van der Waals surface area contributed by atoms with Crippen LogP contribution in [0.3, 0.4) is 0 Å². The standard InChI is InChI=1S/C16H18BrN3O3S/c1-9(21)18-11-4-3-10(17)7-12(11)19-15(23)13-8-24-16(2)6-5-14(22)20(13)16/h3-4,7,13H,5-6,8H2,1-2H3,(H,18,21)(H,19,23). The Labute approximate surface area is 152 Å². The zero-order valence-corrected chi connectivity index (χ0v) is 15.8. The molecule has 0 aromatic heterocycles. The van der Waals surface area contributed by atoms with Gasteiger partial charge in [0.1, 0.15) is 6.04 Å². The van der Waals surface area contributed by atoms with Crippen LogP contribution in [0.15, 0.2) is 22.7 Å². The van der Waals surface area contributed by atoms with Crippen LogP contribution in [-0.4, -0.2) is 39.3 Å². The summed E-state index contributed by atoms with van der Waals surface area (Å²) in [6.07, 6.45) is 1.26.